The molecule has 84 valence electrons. The van der Waals surface area contributed by atoms with E-state index in [1.165, 1.54) is 26.2 Å². The molecular weight excluding hydrogens is 180 g/mol. The predicted molar refractivity (Wildman–Crippen MR) is 56.2 cm³/mol. The van der Waals surface area contributed by atoms with Crippen LogP contribution in [0, 0.1) is 0 Å². The molecule has 0 heterocycles. The zero-order valence-corrected chi connectivity index (χ0v) is 9.54. The Hall–Kier alpha value is -0.570. The molecule has 1 atom stereocenters. The highest BCUT2D eigenvalue weighted by Crippen LogP contribution is 2.00. The Kier molecular flexibility index (Phi) is 8.64. The lowest BCUT2D eigenvalue weighted by Gasteiger charge is -2.11. The van der Waals surface area contributed by atoms with Crippen molar-refractivity contribution in [2.45, 2.75) is 52.6 Å². The number of hydrogen-bond acceptors (Lipinski definition) is 3. The van der Waals surface area contributed by atoms with Gasteiger partial charge in [-0.2, -0.15) is 0 Å². The molecule has 0 N–H and O–H groups in total. The minimum atomic E-state index is -0.243. The quantitative estimate of drug-likeness (QED) is 0.448. The van der Waals surface area contributed by atoms with Gasteiger partial charge in [0.1, 0.15) is 6.10 Å². The number of carbonyl (C=O) groups excluding carboxylic acids is 1. The summed E-state index contributed by atoms with van der Waals surface area (Å²) < 4.78 is 10.3. The monoisotopic (exact) mass is 202 g/mol. The van der Waals surface area contributed by atoms with E-state index >= 15 is 0 Å². The Bertz CT molecular complexity index is 145. The second kappa shape index (κ2) is 9.00. The Morgan fingerprint density at radius 1 is 1.29 bits per heavy atom. The Labute approximate surface area is 86.8 Å². The third-order valence-electron chi connectivity index (χ3n) is 1.86. The molecule has 0 saturated carbocycles. The van der Waals surface area contributed by atoms with Crippen LogP contribution in [0.1, 0.15) is 46.5 Å². The van der Waals surface area contributed by atoms with Gasteiger partial charge in [0, 0.05) is 13.5 Å². The van der Waals surface area contributed by atoms with Crippen LogP contribution in [0.25, 0.3) is 0 Å². The Morgan fingerprint density at radius 3 is 2.57 bits per heavy atom. The van der Waals surface area contributed by atoms with Crippen molar-refractivity contribution in [3.8, 4) is 0 Å². The first kappa shape index (κ1) is 13.4. The van der Waals surface area contributed by atoms with Gasteiger partial charge < -0.3 is 9.47 Å². The van der Waals surface area contributed by atoms with Gasteiger partial charge in [0.15, 0.2) is 0 Å². The zero-order valence-electron chi connectivity index (χ0n) is 9.54. The van der Waals surface area contributed by atoms with E-state index in [0.29, 0.717) is 6.61 Å². The third-order valence-corrected chi connectivity index (χ3v) is 1.86. The summed E-state index contributed by atoms with van der Waals surface area (Å²) in [6, 6.07) is 0. The average Bonchev–Trinajstić information content (AvgIpc) is 2.10. The van der Waals surface area contributed by atoms with Gasteiger partial charge in [-0.1, -0.05) is 26.2 Å². The maximum Gasteiger partial charge on any atom is 0.302 e. The first-order valence-corrected chi connectivity index (χ1v) is 5.41. The minimum Gasteiger partial charge on any atom is -0.460 e. The summed E-state index contributed by atoms with van der Waals surface area (Å²) in [6.07, 6.45) is 4.70. The number of carbonyl (C=O) groups is 1. The number of rotatable bonds is 8. The van der Waals surface area contributed by atoms with E-state index in [1.807, 2.05) is 6.92 Å². The summed E-state index contributed by atoms with van der Waals surface area (Å²) in [5.74, 6) is -0.243. The van der Waals surface area contributed by atoms with Crippen molar-refractivity contribution in [2.75, 3.05) is 13.2 Å². The van der Waals surface area contributed by atoms with E-state index < -0.39 is 0 Å². The summed E-state index contributed by atoms with van der Waals surface area (Å²) in [6.45, 7) is 6.71. The van der Waals surface area contributed by atoms with Crippen LogP contribution in [0.3, 0.4) is 0 Å². The molecule has 3 heteroatoms. The number of esters is 1. The molecule has 1 unspecified atom stereocenters. The molecule has 0 aliphatic heterocycles. The van der Waals surface area contributed by atoms with Gasteiger partial charge in [-0.3, -0.25) is 4.79 Å². The van der Waals surface area contributed by atoms with Crippen molar-refractivity contribution in [2.24, 2.45) is 0 Å². The van der Waals surface area contributed by atoms with E-state index in [0.717, 1.165) is 13.0 Å². The molecule has 3 nitrogen and oxygen atoms in total. The number of ether oxygens (including phenoxy) is 2. The molecule has 0 aromatic carbocycles. The molecule has 0 aromatic heterocycles. The Balaban J connectivity index is 3.14. The standard InChI is InChI=1S/C11H22O3/c1-4-5-6-7-8-13-9-10(2)14-11(3)12/h10H,4-9H2,1-3H3. The van der Waals surface area contributed by atoms with Gasteiger partial charge in [-0.25, -0.2) is 0 Å². The van der Waals surface area contributed by atoms with Crippen molar-refractivity contribution >= 4 is 5.97 Å². The lowest BCUT2D eigenvalue weighted by atomic mass is 10.2. The van der Waals surface area contributed by atoms with Crippen LogP contribution in [-0.2, 0) is 14.3 Å². The summed E-state index contributed by atoms with van der Waals surface area (Å²) in [5.41, 5.74) is 0. The van der Waals surface area contributed by atoms with Crippen molar-refractivity contribution < 1.29 is 14.3 Å². The molecule has 0 aliphatic rings. The minimum absolute atomic E-state index is 0.126. The first-order chi connectivity index (χ1) is 6.66. The highest BCUT2D eigenvalue weighted by Gasteiger charge is 2.04. The topological polar surface area (TPSA) is 35.5 Å². The number of unbranched alkanes of at least 4 members (excludes halogenated alkanes) is 3. The maximum atomic E-state index is 10.6. The summed E-state index contributed by atoms with van der Waals surface area (Å²) in [5, 5.41) is 0. The smallest absolute Gasteiger partial charge is 0.302 e. The van der Waals surface area contributed by atoms with Crippen LogP contribution in [0.2, 0.25) is 0 Å². The van der Waals surface area contributed by atoms with E-state index in [1.54, 1.807) is 0 Å². The molecular formula is C11H22O3. The van der Waals surface area contributed by atoms with Gasteiger partial charge in [-0.05, 0) is 13.3 Å². The lowest BCUT2D eigenvalue weighted by molar-refractivity contribution is -0.148. The average molecular weight is 202 g/mol. The van der Waals surface area contributed by atoms with Crippen molar-refractivity contribution in [3.05, 3.63) is 0 Å². The summed E-state index contributed by atoms with van der Waals surface area (Å²) >= 11 is 0. The van der Waals surface area contributed by atoms with Crippen molar-refractivity contribution in [1.29, 1.82) is 0 Å². The van der Waals surface area contributed by atoms with Crippen molar-refractivity contribution in [3.63, 3.8) is 0 Å². The zero-order chi connectivity index (χ0) is 10.8. The van der Waals surface area contributed by atoms with Crippen LogP contribution in [-0.4, -0.2) is 25.3 Å². The van der Waals surface area contributed by atoms with Crippen LogP contribution >= 0.6 is 0 Å². The van der Waals surface area contributed by atoms with Gasteiger partial charge in [0.2, 0.25) is 0 Å². The van der Waals surface area contributed by atoms with Crippen LogP contribution in [0.4, 0.5) is 0 Å². The first-order valence-electron chi connectivity index (χ1n) is 5.41. The molecule has 0 rings (SSSR count). The second-order valence-electron chi connectivity index (χ2n) is 3.56. The van der Waals surface area contributed by atoms with Gasteiger partial charge in [0.25, 0.3) is 0 Å². The van der Waals surface area contributed by atoms with E-state index in [2.05, 4.69) is 6.92 Å². The van der Waals surface area contributed by atoms with Gasteiger partial charge in [0.05, 0.1) is 6.61 Å². The molecule has 0 spiro atoms. The van der Waals surface area contributed by atoms with Gasteiger partial charge in [-0.15, -0.1) is 0 Å². The Morgan fingerprint density at radius 2 is 2.00 bits per heavy atom. The molecule has 0 aliphatic carbocycles. The second-order valence-corrected chi connectivity index (χ2v) is 3.56. The molecule has 0 saturated heterocycles. The molecule has 0 fully saturated rings. The predicted octanol–water partition coefficient (Wildman–Crippen LogP) is 2.53. The fourth-order valence-electron chi connectivity index (χ4n) is 1.20. The summed E-state index contributed by atoms with van der Waals surface area (Å²) in [7, 11) is 0. The van der Waals surface area contributed by atoms with Crippen LogP contribution < -0.4 is 0 Å². The maximum absolute atomic E-state index is 10.6. The van der Waals surface area contributed by atoms with Crippen LogP contribution in [0.5, 0.6) is 0 Å². The van der Waals surface area contributed by atoms with Crippen LogP contribution in [0.15, 0.2) is 0 Å². The fourth-order valence-corrected chi connectivity index (χ4v) is 1.20. The molecule has 0 aromatic rings. The highest BCUT2D eigenvalue weighted by molar-refractivity contribution is 5.66. The normalized spacial score (nSPS) is 12.5. The molecule has 0 amide bonds. The van der Waals surface area contributed by atoms with E-state index in [4.69, 9.17) is 9.47 Å². The highest BCUT2D eigenvalue weighted by atomic mass is 16.6. The summed E-state index contributed by atoms with van der Waals surface area (Å²) in [4.78, 5) is 10.6. The van der Waals surface area contributed by atoms with E-state index in [9.17, 15) is 4.79 Å². The number of hydrogen-bond donors (Lipinski definition) is 0. The largest absolute Gasteiger partial charge is 0.460 e. The van der Waals surface area contributed by atoms with Gasteiger partial charge >= 0.3 is 5.97 Å². The third kappa shape index (κ3) is 9.52. The fraction of sp³-hybridized carbons (Fsp3) is 0.909. The van der Waals surface area contributed by atoms with E-state index in [-0.39, 0.29) is 12.1 Å². The molecule has 0 radical (unpaired) electrons. The lowest BCUT2D eigenvalue weighted by Crippen LogP contribution is -2.18. The van der Waals surface area contributed by atoms with Crippen molar-refractivity contribution in [1.82, 2.24) is 0 Å². The SMILES string of the molecule is CCCCCCOCC(C)OC(C)=O. The molecule has 0 bridgehead atoms. The molecule has 14 heavy (non-hydrogen) atoms.